The van der Waals surface area contributed by atoms with E-state index in [1.54, 1.807) is 0 Å². The third-order valence-corrected chi connectivity index (χ3v) is 10.5. The molecule has 0 unspecified atom stereocenters. The molecule has 1 aromatic carbocycles. The van der Waals surface area contributed by atoms with E-state index in [0.29, 0.717) is 5.75 Å². The lowest BCUT2D eigenvalue weighted by atomic mass is 10.0. The Morgan fingerprint density at radius 2 is 0.592 bits per heavy atom. The van der Waals surface area contributed by atoms with Gasteiger partial charge in [0.25, 0.3) is 0 Å². The summed E-state index contributed by atoms with van der Waals surface area (Å²) in [5, 5.41) is 12.0. The molecule has 0 bridgehead atoms. The quantitative estimate of drug-likeness (QED) is 0.0712. The Morgan fingerprint density at radius 1 is 0.347 bits per heavy atom. The van der Waals surface area contributed by atoms with Crippen molar-refractivity contribution in [1.29, 1.82) is 0 Å². The highest BCUT2D eigenvalue weighted by Gasteiger charge is 2.18. The molecule has 0 fully saturated rings. The number of aromatic hydroxyl groups is 1. The standard InChI is InChI=1S/C45H87N3O/c1-7-13-19-25-31-46(32-26-20-14-8-2)39-42-37-43(40-47(33-27-21-15-9-3)34-28-22-16-10-4)45(49)44(38-42)41-48(35-29-23-17-11-5)36-30-24-18-12-6/h37-38,49H,7-36,39-41H2,1-6H3. The number of phenolic OH excluding ortho intramolecular Hbond substituents is 1. The van der Waals surface area contributed by atoms with Crippen molar-refractivity contribution < 1.29 is 5.11 Å². The Labute approximate surface area is 308 Å². The first kappa shape index (κ1) is 45.9. The van der Waals surface area contributed by atoms with Crippen LogP contribution in [0.2, 0.25) is 0 Å². The van der Waals surface area contributed by atoms with Gasteiger partial charge in [0.2, 0.25) is 0 Å². The molecule has 4 heteroatoms. The van der Waals surface area contributed by atoms with Crippen LogP contribution in [0, 0.1) is 0 Å². The van der Waals surface area contributed by atoms with Crippen LogP contribution in [0.25, 0.3) is 0 Å². The van der Waals surface area contributed by atoms with Crippen LogP contribution >= 0.6 is 0 Å². The summed E-state index contributed by atoms with van der Waals surface area (Å²) in [4.78, 5) is 8.09. The summed E-state index contributed by atoms with van der Waals surface area (Å²) in [6.07, 6.45) is 31.3. The molecule has 4 nitrogen and oxygen atoms in total. The van der Waals surface area contributed by atoms with Crippen molar-refractivity contribution in [3.63, 3.8) is 0 Å². The topological polar surface area (TPSA) is 30.0 Å². The monoisotopic (exact) mass is 686 g/mol. The molecule has 0 saturated heterocycles. The van der Waals surface area contributed by atoms with Gasteiger partial charge >= 0.3 is 0 Å². The van der Waals surface area contributed by atoms with Crippen LogP contribution in [-0.4, -0.2) is 59.1 Å². The van der Waals surface area contributed by atoms with Gasteiger partial charge in [-0.2, -0.15) is 0 Å². The van der Waals surface area contributed by atoms with E-state index in [4.69, 9.17) is 0 Å². The molecule has 0 heterocycles. The second-order valence-electron chi connectivity index (χ2n) is 15.5. The van der Waals surface area contributed by atoms with Gasteiger partial charge in [0.1, 0.15) is 5.75 Å². The van der Waals surface area contributed by atoms with Gasteiger partial charge in [-0.05, 0) is 95.5 Å². The zero-order valence-corrected chi connectivity index (χ0v) is 34.3. The minimum Gasteiger partial charge on any atom is -0.507 e. The summed E-state index contributed by atoms with van der Waals surface area (Å²) >= 11 is 0. The predicted octanol–water partition coefficient (Wildman–Crippen LogP) is 13.3. The second kappa shape index (κ2) is 32.8. The molecule has 0 spiro atoms. The fourth-order valence-corrected chi connectivity index (χ4v) is 7.29. The molecule has 0 aliphatic heterocycles. The van der Waals surface area contributed by atoms with Crippen LogP contribution in [0.1, 0.15) is 212 Å². The lowest BCUT2D eigenvalue weighted by Crippen LogP contribution is -2.28. The molecule has 0 aliphatic rings. The first-order chi connectivity index (χ1) is 24.0. The first-order valence-electron chi connectivity index (χ1n) is 22.0. The number of hydrogen-bond acceptors (Lipinski definition) is 4. The normalized spacial score (nSPS) is 11.9. The van der Waals surface area contributed by atoms with Crippen LogP contribution in [0.3, 0.4) is 0 Å². The average molecular weight is 686 g/mol. The number of nitrogens with zero attached hydrogens (tertiary/aromatic N) is 3. The first-order valence-corrected chi connectivity index (χ1v) is 22.0. The van der Waals surface area contributed by atoms with Crippen LogP contribution in [0.4, 0.5) is 0 Å². The van der Waals surface area contributed by atoms with Crippen molar-refractivity contribution in [3.8, 4) is 5.75 Å². The largest absolute Gasteiger partial charge is 0.507 e. The smallest absolute Gasteiger partial charge is 0.124 e. The maximum atomic E-state index is 12.0. The zero-order chi connectivity index (χ0) is 35.8. The van der Waals surface area contributed by atoms with Crippen LogP contribution < -0.4 is 0 Å². The molecule has 0 radical (unpaired) electrons. The van der Waals surface area contributed by atoms with Gasteiger partial charge in [-0.15, -0.1) is 0 Å². The zero-order valence-electron chi connectivity index (χ0n) is 34.3. The van der Waals surface area contributed by atoms with E-state index in [9.17, 15) is 5.11 Å². The van der Waals surface area contributed by atoms with Gasteiger partial charge in [0, 0.05) is 30.8 Å². The van der Waals surface area contributed by atoms with E-state index in [-0.39, 0.29) is 0 Å². The molecular weight excluding hydrogens is 599 g/mol. The Kier molecular flexibility index (Phi) is 30.7. The molecule has 49 heavy (non-hydrogen) atoms. The summed E-state index contributed by atoms with van der Waals surface area (Å²) in [6, 6.07) is 4.81. The summed E-state index contributed by atoms with van der Waals surface area (Å²) in [6.45, 7) is 23.6. The van der Waals surface area contributed by atoms with E-state index in [1.165, 1.54) is 184 Å². The van der Waals surface area contributed by atoms with E-state index in [1.807, 2.05) is 0 Å². The van der Waals surface area contributed by atoms with Gasteiger partial charge in [-0.25, -0.2) is 0 Å². The van der Waals surface area contributed by atoms with Crippen LogP contribution in [-0.2, 0) is 19.6 Å². The number of hydrogen-bond donors (Lipinski definition) is 1. The highest BCUT2D eigenvalue weighted by Crippen LogP contribution is 2.29. The van der Waals surface area contributed by atoms with Crippen molar-refractivity contribution in [2.45, 2.75) is 215 Å². The highest BCUT2D eigenvalue weighted by molar-refractivity contribution is 5.44. The fraction of sp³-hybridized carbons (Fsp3) is 0.867. The minimum atomic E-state index is 0.584. The van der Waals surface area contributed by atoms with Crippen molar-refractivity contribution in [3.05, 3.63) is 28.8 Å². The molecule has 288 valence electrons. The fourth-order valence-electron chi connectivity index (χ4n) is 7.29. The van der Waals surface area contributed by atoms with E-state index in [2.05, 4.69) is 68.4 Å². The van der Waals surface area contributed by atoms with Gasteiger partial charge in [-0.3, -0.25) is 14.7 Å². The van der Waals surface area contributed by atoms with E-state index < -0.39 is 0 Å². The Hall–Kier alpha value is -1.10. The summed E-state index contributed by atoms with van der Waals surface area (Å²) in [5.74, 6) is 0.584. The molecule has 0 aliphatic carbocycles. The van der Waals surface area contributed by atoms with Crippen LogP contribution in [0.15, 0.2) is 12.1 Å². The second-order valence-corrected chi connectivity index (χ2v) is 15.5. The van der Waals surface area contributed by atoms with E-state index >= 15 is 0 Å². The Morgan fingerprint density at radius 3 is 0.837 bits per heavy atom. The number of phenols is 1. The third-order valence-electron chi connectivity index (χ3n) is 10.5. The summed E-state index contributed by atoms with van der Waals surface area (Å²) in [5.41, 5.74) is 3.77. The molecule has 0 amide bonds. The third kappa shape index (κ3) is 23.9. The summed E-state index contributed by atoms with van der Waals surface area (Å²) < 4.78 is 0. The molecule has 1 N–H and O–H groups in total. The van der Waals surface area contributed by atoms with Crippen molar-refractivity contribution in [1.82, 2.24) is 14.7 Å². The van der Waals surface area contributed by atoms with Crippen molar-refractivity contribution in [2.75, 3.05) is 39.3 Å². The van der Waals surface area contributed by atoms with Crippen molar-refractivity contribution >= 4 is 0 Å². The maximum absolute atomic E-state index is 12.0. The molecule has 1 rings (SSSR count). The molecule has 0 aromatic heterocycles. The molecular formula is C45H87N3O. The number of unbranched alkanes of at least 4 members (excludes halogenated alkanes) is 18. The van der Waals surface area contributed by atoms with Gasteiger partial charge < -0.3 is 5.11 Å². The highest BCUT2D eigenvalue weighted by atomic mass is 16.3. The predicted molar refractivity (Wildman–Crippen MR) is 219 cm³/mol. The SMILES string of the molecule is CCCCCCN(CCCCCC)Cc1cc(CN(CCCCCC)CCCCCC)c(O)c(CN(CCCCCC)CCCCCC)c1. The average Bonchev–Trinajstić information content (AvgIpc) is 3.10. The number of benzene rings is 1. The van der Waals surface area contributed by atoms with Gasteiger partial charge in [-0.1, -0.05) is 157 Å². The van der Waals surface area contributed by atoms with Gasteiger partial charge in [0.05, 0.1) is 0 Å². The molecule has 1 aromatic rings. The lowest BCUT2D eigenvalue weighted by Gasteiger charge is -2.28. The Balaban J connectivity index is 3.38. The Bertz CT molecular complexity index is 771. The molecule has 0 atom stereocenters. The summed E-state index contributed by atoms with van der Waals surface area (Å²) in [7, 11) is 0. The van der Waals surface area contributed by atoms with Crippen LogP contribution in [0.5, 0.6) is 5.75 Å². The van der Waals surface area contributed by atoms with Gasteiger partial charge in [0.15, 0.2) is 0 Å². The maximum Gasteiger partial charge on any atom is 0.124 e. The number of rotatable bonds is 36. The lowest BCUT2D eigenvalue weighted by molar-refractivity contribution is 0.240. The minimum absolute atomic E-state index is 0.584. The molecule has 0 saturated carbocycles. The van der Waals surface area contributed by atoms with E-state index in [0.717, 1.165) is 45.8 Å². The van der Waals surface area contributed by atoms with Crippen molar-refractivity contribution in [2.24, 2.45) is 0 Å².